The number of aryl methyl sites for hydroxylation is 2. The first kappa shape index (κ1) is 32.8. The molecule has 1 aliphatic rings. The van der Waals surface area contributed by atoms with Crippen molar-refractivity contribution in [3.05, 3.63) is 93.0 Å². The lowest BCUT2D eigenvalue weighted by atomic mass is 10.1. The molecule has 1 atom stereocenters. The molecule has 10 heteroatoms. The Morgan fingerprint density at radius 2 is 1.63 bits per heavy atom. The molecule has 0 spiro atoms. The molecule has 3 aromatic rings. The summed E-state index contributed by atoms with van der Waals surface area (Å²) in [4.78, 5) is 29.5. The van der Waals surface area contributed by atoms with Gasteiger partial charge < -0.3 is 10.2 Å². The normalized spacial score (nSPS) is 14.4. The lowest BCUT2D eigenvalue weighted by molar-refractivity contribution is -0.140. The maximum atomic E-state index is 14.3. The van der Waals surface area contributed by atoms with Gasteiger partial charge in [-0.25, -0.2) is 8.42 Å². The molecule has 1 saturated carbocycles. The van der Waals surface area contributed by atoms with Crippen LogP contribution in [0.4, 0.5) is 5.69 Å². The summed E-state index contributed by atoms with van der Waals surface area (Å²) in [5.74, 6) is -0.751. The summed E-state index contributed by atoms with van der Waals surface area (Å²) in [6, 6.07) is 16.2. The third kappa shape index (κ3) is 7.72. The summed E-state index contributed by atoms with van der Waals surface area (Å²) in [5, 5.41) is 3.82. The first-order valence-electron chi connectivity index (χ1n) is 14.6. The number of carbonyl (C=O) groups excluding carboxylic acids is 2. The predicted molar refractivity (Wildman–Crippen MR) is 173 cm³/mol. The number of halogens is 2. The van der Waals surface area contributed by atoms with Crippen LogP contribution < -0.4 is 9.62 Å². The maximum Gasteiger partial charge on any atom is 0.264 e. The molecule has 4 rings (SSSR count). The van der Waals surface area contributed by atoms with E-state index in [0.717, 1.165) is 46.7 Å². The second-order valence-corrected chi connectivity index (χ2v) is 13.9. The number of rotatable bonds is 11. The van der Waals surface area contributed by atoms with Crippen LogP contribution >= 0.6 is 23.2 Å². The number of sulfonamides is 1. The molecule has 43 heavy (non-hydrogen) atoms. The Bertz CT molecular complexity index is 1570. The molecule has 0 unspecified atom stereocenters. The van der Waals surface area contributed by atoms with E-state index in [0.29, 0.717) is 27.7 Å². The van der Waals surface area contributed by atoms with Crippen molar-refractivity contribution in [2.24, 2.45) is 0 Å². The Balaban J connectivity index is 1.76. The van der Waals surface area contributed by atoms with E-state index in [-0.39, 0.29) is 23.4 Å². The minimum Gasteiger partial charge on any atom is -0.352 e. The van der Waals surface area contributed by atoms with Crippen LogP contribution in [0.25, 0.3) is 0 Å². The van der Waals surface area contributed by atoms with E-state index in [1.54, 1.807) is 54.6 Å². The number of hydrogen-bond acceptors (Lipinski definition) is 4. The number of carbonyl (C=O) groups is 2. The van der Waals surface area contributed by atoms with E-state index in [1.165, 1.54) is 4.90 Å². The molecular formula is C33H39Cl2N3O4S. The highest BCUT2D eigenvalue weighted by molar-refractivity contribution is 7.92. The first-order chi connectivity index (χ1) is 20.4. The molecule has 7 nitrogen and oxygen atoms in total. The molecule has 0 saturated heterocycles. The molecule has 1 aliphatic carbocycles. The highest BCUT2D eigenvalue weighted by Crippen LogP contribution is 2.30. The molecule has 0 bridgehead atoms. The SMILES string of the molecule is CC[C@H](C(=O)NC1CCCC1)N(Cc1ccc(Cl)c(Cl)c1)C(=O)CN(c1cccc(C)c1C)S(=O)(=O)c1ccc(C)cc1. The number of benzene rings is 3. The number of amides is 2. The summed E-state index contributed by atoms with van der Waals surface area (Å²) in [5.41, 5.74) is 3.64. The third-order valence-corrected chi connectivity index (χ3v) is 10.7. The topological polar surface area (TPSA) is 86.8 Å². The standard InChI is InChI=1S/C33H39Cl2N3O4S/c1-5-30(33(40)36-26-10-6-7-11-26)37(20-25-15-18-28(34)29(35)19-25)32(39)21-38(31-12-8-9-23(3)24(31)4)43(41,42)27-16-13-22(2)14-17-27/h8-9,12-19,26,30H,5-7,10-11,20-21H2,1-4H3,(H,36,40)/t30-/m1/s1. The zero-order valence-corrected chi connectivity index (χ0v) is 27.4. The van der Waals surface area contributed by atoms with Crippen molar-refractivity contribution < 1.29 is 18.0 Å². The molecular weight excluding hydrogens is 605 g/mol. The Labute approximate surface area is 265 Å². The van der Waals surface area contributed by atoms with Crippen LogP contribution in [0.2, 0.25) is 10.0 Å². The smallest absolute Gasteiger partial charge is 0.264 e. The van der Waals surface area contributed by atoms with E-state index < -0.39 is 28.5 Å². The molecule has 0 heterocycles. The van der Waals surface area contributed by atoms with E-state index in [9.17, 15) is 18.0 Å². The van der Waals surface area contributed by atoms with Gasteiger partial charge in [0.25, 0.3) is 10.0 Å². The van der Waals surface area contributed by atoms with Gasteiger partial charge >= 0.3 is 0 Å². The van der Waals surface area contributed by atoms with Gasteiger partial charge in [0.1, 0.15) is 12.6 Å². The highest BCUT2D eigenvalue weighted by atomic mass is 35.5. The van der Waals surface area contributed by atoms with Crippen LogP contribution in [0.3, 0.4) is 0 Å². The van der Waals surface area contributed by atoms with Crippen molar-refractivity contribution in [2.75, 3.05) is 10.8 Å². The van der Waals surface area contributed by atoms with Gasteiger partial charge in [-0.3, -0.25) is 13.9 Å². The van der Waals surface area contributed by atoms with E-state index >= 15 is 0 Å². The summed E-state index contributed by atoms with van der Waals surface area (Å²) in [6.45, 7) is 7.02. The molecule has 3 aromatic carbocycles. The number of nitrogens with zero attached hydrogens (tertiary/aromatic N) is 2. The molecule has 1 fully saturated rings. The van der Waals surface area contributed by atoms with Gasteiger partial charge in [0.2, 0.25) is 11.8 Å². The monoisotopic (exact) mass is 643 g/mol. The summed E-state index contributed by atoms with van der Waals surface area (Å²) in [6.07, 6.45) is 4.25. The molecule has 0 aliphatic heterocycles. The van der Waals surface area contributed by atoms with Crippen LogP contribution in [0, 0.1) is 20.8 Å². The van der Waals surface area contributed by atoms with Gasteiger partial charge in [0.05, 0.1) is 20.6 Å². The van der Waals surface area contributed by atoms with E-state index in [1.807, 2.05) is 33.8 Å². The fourth-order valence-corrected chi connectivity index (χ4v) is 7.27. The Morgan fingerprint density at radius 3 is 2.26 bits per heavy atom. The van der Waals surface area contributed by atoms with Crippen molar-refractivity contribution in [1.82, 2.24) is 10.2 Å². The second kappa shape index (κ2) is 14.1. The number of hydrogen-bond donors (Lipinski definition) is 1. The number of anilines is 1. The van der Waals surface area contributed by atoms with Crippen LogP contribution in [0.5, 0.6) is 0 Å². The van der Waals surface area contributed by atoms with Crippen molar-refractivity contribution in [1.29, 1.82) is 0 Å². The van der Waals surface area contributed by atoms with Gasteiger partial charge in [0.15, 0.2) is 0 Å². The van der Waals surface area contributed by atoms with Crippen LogP contribution in [-0.4, -0.2) is 43.8 Å². The van der Waals surface area contributed by atoms with Gasteiger partial charge in [0, 0.05) is 12.6 Å². The van der Waals surface area contributed by atoms with Crippen molar-refractivity contribution in [2.45, 2.75) is 83.3 Å². The van der Waals surface area contributed by atoms with Gasteiger partial charge in [-0.15, -0.1) is 0 Å². The zero-order valence-electron chi connectivity index (χ0n) is 25.1. The lowest BCUT2D eigenvalue weighted by Crippen LogP contribution is -2.53. The van der Waals surface area contributed by atoms with Crippen molar-refractivity contribution >= 4 is 50.7 Å². The highest BCUT2D eigenvalue weighted by Gasteiger charge is 2.35. The zero-order chi connectivity index (χ0) is 31.3. The predicted octanol–water partition coefficient (Wildman–Crippen LogP) is 6.98. The minimum atomic E-state index is -4.15. The van der Waals surface area contributed by atoms with Crippen molar-refractivity contribution in [3.63, 3.8) is 0 Å². The minimum absolute atomic E-state index is 0.0531. The summed E-state index contributed by atoms with van der Waals surface area (Å²) < 4.78 is 29.5. The average Bonchev–Trinajstić information content (AvgIpc) is 3.48. The Kier molecular flexibility index (Phi) is 10.8. The van der Waals surface area contributed by atoms with Crippen LogP contribution in [0.1, 0.15) is 61.3 Å². The maximum absolute atomic E-state index is 14.3. The molecule has 1 N–H and O–H groups in total. The fourth-order valence-electron chi connectivity index (χ4n) is 5.48. The molecule has 230 valence electrons. The molecule has 0 radical (unpaired) electrons. The van der Waals surface area contributed by atoms with E-state index in [4.69, 9.17) is 23.2 Å². The third-order valence-electron chi connectivity index (χ3n) is 8.16. The quantitative estimate of drug-likeness (QED) is 0.244. The Hall–Kier alpha value is -3.07. The molecule has 2 amide bonds. The lowest BCUT2D eigenvalue weighted by Gasteiger charge is -2.34. The van der Waals surface area contributed by atoms with Crippen LogP contribution in [0.15, 0.2) is 65.6 Å². The second-order valence-electron chi connectivity index (χ2n) is 11.2. The largest absolute Gasteiger partial charge is 0.352 e. The van der Waals surface area contributed by atoms with Gasteiger partial charge in [-0.05, 0) is 87.1 Å². The van der Waals surface area contributed by atoms with Crippen LogP contribution in [-0.2, 0) is 26.2 Å². The Morgan fingerprint density at radius 1 is 0.953 bits per heavy atom. The van der Waals surface area contributed by atoms with Gasteiger partial charge in [-0.2, -0.15) is 0 Å². The van der Waals surface area contributed by atoms with E-state index in [2.05, 4.69) is 5.32 Å². The van der Waals surface area contributed by atoms with Crippen molar-refractivity contribution in [3.8, 4) is 0 Å². The van der Waals surface area contributed by atoms with Gasteiger partial charge in [-0.1, -0.05) is 78.9 Å². The first-order valence-corrected chi connectivity index (χ1v) is 16.8. The summed E-state index contributed by atoms with van der Waals surface area (Å²) >= 11 is 12.4. The molecule has 0 aromatic heterocycles. The fraction of sp³-hybridized carbons (Fsp3) is 0.394. The average molecular weight is 645 g/mol. The summed E-state index contributed by atoms with van der Waals surface area (Å²) in [7, 11) is -4.15. The number of nitrogens with one attached hydrogen (secondary N) is 1.